The van der Waals surface area contributed by atoms with Gasteiger partial charge in [-0.25, -0.2) is 4.79 Å². The summed E-state index contributed by atoms with van der Waals surface area (Å²) in [5, 5.41) is 2.71. The second kappa shape index (κ2) is 8.72. The van der Waals surface area contributed by atoms with Gasteiger partial charge in [-0.3, -0.25) is 4.79 Å². The number of benzene rings is 2. The summed E-state index contributed by atoms with van der Waals surface area (Å²) >= 11 is 0. The number of carbonyl (C=O) groups is 2. The molecule has 0 saturated heterocycles. The third-order valence-corrected chi connectivity index (χ3v) is 3.35. The quantitative estimate of drug-likeness (QED) is 0.791. The van der Waals surface area contributed by atoms with Crippen molar-refractivity contribution in [3.8, 4) is 5.75 Å². The first-order valence-corrected chi connectivity index (χ1v) is 7.91. The third-order valence-electron chi connectivity index (χ3n) is 3.35. The van der Waals surface area contributed by atoms with Crippen LogP contribution >= 0.6 is 0 Å². The van der Waals surface area contributed by atoms with E-state index in [1.165, 1.54) is 0 Å². The largest absolute Gasteiger partial charge is 0.494 e. The number of aryl methyl sites for hydroxylation is 1. The molecule has 5 heteroatoms. The fraction of sp³-hybridized carbons (Fsp3) is 0.263. The number of carbonyl (C=O) groups excluding carboxylic acids is 2. The summed E-state index contributed by atoms with van der Waals surface area (Å²) in [6.45, 7) is 4.15. The van der Waals surface area contributed by atoms with Crippen LogP contribution in [0.1, 0.15) is 29.8 Å². The highest BCUT2D eigenvalue weighted by Gasteiger charge is 2.10. The second-order valence-electron chi connectivity index (χ2n) is 5.14. The zero-order valence-corrected chi connectivity index (χ0v) is 13.9. The Morgan fingerprint density at radius 1 is 1.04 bits per heavy atom. The highest BCUT2D eigenvalue weighted by molar-refractivity contribution is 5.95. The predicted molar refractivity (Wildman–Crippen MR) is 92.3 cm³/mol. The molecule has 0 heterocycles. The van der Waals surface area contributed by atoms with Crippen LogP contribution in [-0.4, -0.2) is 25.1 Å². The minimum Gasteiger partial charge on any atom is -0.494 e. The van der Waals surface area contributed by atoms with Gasteiger partial charge in [0, 0.05) is 5.69 Å². The van der Waals surface area contributed by atoms with E-state index in [4.69, 9.17) is 9.47 Å². The lowest BCUT2D eigenvalue weighted by Gasteiger charge is -2.08. The lowest BCUT2D eigenvalue weighted by atomic mass is 10.1. The van der Waals surface area contributed by atoms with Gasteiger partial charge in [0.2, 0.25) is 0 Å². The standard InChI is InChI=1S/C19H21NO4/c1-3-14-6-5-7-16(12-14)20-18(21)13-24-19(22)15-8-10-17(11-9-15)23-4-2/h5-12H,3-4,13H2,1-2H3,(H,20,21). The average molecular weight is 327 g/mol. The van der Waals surface area contributed by atoms with Crippen molar-refractivity contribution in [2.45, 2.75) is 20.3 Å². The van der Waals surface area contributed by atoms with Crippen molar-refractivity contribution in [2.75, 3.05) is 18.5 Å². The van der Waals surface area contributed by atoms with Gasteiger partial charge in [0.1, 0.15) is 5.75 Å². The van der Waals surface area contributed by atoms with Crippen molar-refractivity contribution in [1.82, 2.24) is 0 Å². The topological polar surface area (TPSA) is 64.6 Å². The van der Waals surface area contributed by atoms with Gasteiger partial charge in [0.15, 0.2) is 6.61 Å². The number of amides is 1. The van der Waals surface area contributed by atoms with Crippen LogP contribution in [0.5, 0.6) is 5.75 Å². The van der Waals surface area contributed by atoms with Gasteiger partial charge < -0.3 is 14.8 Å². The smallest absolute Gasteiger partial charge is 0.338 e. The minimum absolute atomic E-state index is 0.331. The Kier molecular flexibility index (Phi) is 6.37. The average Bonchev–Trinajstić information content (AvgIpc) is 2.61. The molecule has 2 aromatic rings. The molecule has 0 aromatic heterocycles. The summed E-state index contributed by atoms with van der Waals surface area (Å²) in [5.74, 6) is -0.236. The molecule has 0 aliphatic heterocycles. The fourth-order valence-electron chi connectivity index (χ4n) is 2.13. The molecule has 0 atom stereocenters. The van der Waals surface area contributed by atoms with E-state index in [9.17, 15) is 9.59 Å². The Morgan fingerprint density at radius 2 is 1.79 bits per heavy atom. The minimum atomic E-state index is -0.546. The zero-order valence-electron chi connectivity index (χ0n) is 13.9. The van der Waals surface area contributed by atoms with Gasteiger partial charge in [-0.15, -0.1) is 0 Å². The van der Waals surface area contributed by atoms with E-state index in [2.05, 4.69) is 5.32 Å². The molecule has 126 valence electrons. The Bertz CT molecular complexity index is 695. The van der Waals surface area contributed by atoms with Crippen LogP contribution in [0.3, 0.4) is 0 Å². The Hall–Kier alpha value is -2.82. The van der Waals surface area contributed by atoms with Crippen LogP contribution < -0.4 is 10.1 Å². The number of nitrogens with one attached hydrogen (secondary N) is 1. The first kappa shape index (κ1) is 17.5. The maximum absolute atomic E-state index is 11.9. The Balaban J connectivity index is 1.85. The van der Waals surface area contributed by atoms with Crippen molar-refractivity contribution >= 4 is 17.6 Å². The van der Waals surface area contributed by atoms with Crippen LogP contribution in [0.15, 0.2) is 48.5 Å². The maximum atomic E-state index is 11.9. The van der Waals surface area contributed by atoms with Gasteiger partial charge >= 0.3 is 5.97 Å². The number of hydrogen-bond acceptors (Lipinski definition) is 4. The molecule has 0 unspecified atom stereocenters. The highest BCUT2D eigenvalue weighted by atomic mass is 16.5. The molecule has 2 rings (SSSR count). The summed E-state index contributed by atoms with van der Waals surface area (Å²) in [7, 11) is 0. The van der Waals surface area contributed by atoms with Gasteiger partial charge in [0.25, 0.3) is 5.91 Å². The van der Waals surface area contributed by atoms with Crippen LogP contribution in [0, 0.1) is 0 Å². The molecule has 0 radical (unpaired) electrons. The predicted octanol–water partition coefficient (Wildman–Crippen LogP) is 3.44. The van der Waals surface area contributed by atoms with E-state index < -0.39 is 5.97 Å². The molecule has 1 amide bonds. The molecule has 0 aliphatic rings. The molecule has 5 nitrogen and oxygen atoms in total. The zero-order chi connectivity index (χ0) is 17.4. The van der Waals surface area contributed by atoms with Crippen molar-refractivity contribution < 1.29 is 19.1 Å². The third kappa shape index (κ3) is 5.12. The lowest BCUT2D eigenvalue weighted by Crippen LogP contribution is -2.21. The van der Waals surface area contributed by atoms with Gasteiger partial charge in [-0.2, -0.15) is 0 Å². The second-order valence-corrected chi connectivity index (χ2v) is 5.14. The summed E-state index contributed by atoms with van der Waals surface area (Å²) in [4.78, 5) is 23.8. The van der Waals surface area contributed by atoms with Crippen molar-refractivity contribution in [3.05, 3.63) is 59.7 Å². The number of rotatable bonds is 7. The fourth-order valence-corrected chi connectivity index (χ4v) is 2.13. The SMILES string of the molecule is CCOc1ccc(C(=O)OCC(=O)Nc2cccc(CC)c2)cc1. The molecule has 0 bridgehead atoms. The number of hydrogen-bond donors (Lipinski definition) is 1. The van der Waals surface area contributed by atoms with Crippen LogP contribution in [0.25, 0.3) is 0 Å². The molecule has 2 aromatic carbocycles. The summed E-state index contributed by atoms with van der Waals surface area (Å²) in [6, 6.07) is 14.2. The van der Waals surface area contributed by atoms with E-state index in [1.807, 2.05) is 32.0 Å². The van der Waals surface area contributed by atoms with Crippen molar-refractivity contribution in [3.63, 3.8) is 0 Å². The molecular weight excluding hydrogens is 306 g/mol. The van der Waals surface area contributed by atoms with E-state index in [-0.39, 0.29) is 12.5 Å². The van der Waals surface area contributed by atoms with E-state index in [0.717, 1.165) is 12.0 Å². The number of esters is 1. The molecule has 1 N–H and O–H groups in total. The van der Waals surface area contributed by atoms with Crippen LogP contribution in [0.4, 0.5) is 5.69 Å². The number of ether oxygens (including phenoxy) is 2. The molecule has 0 saturated carbocycles. The maximum Gasteiger partial charge on any atom is 0.338 e. The molecule has 0 spiro atoms. The first-order chi connectivity index (χ1) is 11.6. The Labute approximate surface area is 141 Å². The summed E-state index contributed by atoms with van der Waals surface area (Å²) in [6.07, 6.45) is 0.885. The van der Waals surface area contributed by atoms with Gasteiger partial charge in [0.05, 0.1) is 12.2 Å². The summed E-state index contributed by atoms with van der Waals surface area (Å²) in [5.41, 5.74) is 2.19. The van der Waals surface area contributed by atoms with Crippen molar-refractivity contribution in [2.24, 2.45) is 0 Å². The normalized spacial score (nSPS) is 10.1. The number of anilines is 1. The van der Waals surface area contributed by atoms with Crippen LogP contribution in [0.2, 0.25) is 0 Å². The van der Waals surface area contributed by atoms with E-state index >= 15 is 0 Å². The Morgan fingerprint density at radius 3 is 2.46 bits per heavy atom. The first-order valence-electron chi connectivity index (χ1n) is 7.91. The molecular formula is C19H21NO4. The van der Waals surface area contributed by atoms with E-state index in [1.54, 1.807) is 30.3 Å². The molecule has 0 fully saturated rings. The van der Waals surface area contributed by atoms with Gasteiger partial charge in [-0.1, -0.05) is 19.1 Å². The molecule has 0 aliphatic carbocycles. The summed E-state index contributed by atoms with van der Waals surface area (Å²) < 4.78 is 10.3. The van der Waals surface area contributed by atoms with Crippen molar-refractivity contribution in [1.29, 1.82) is 0 Å². The van der Waals surface area contributed by atoms with E-state index in [0.29, 0.717) is 23.6 Å². The molecule has 24 heavy (non-hydrogen) atoms. The van der Waals surface area contributed by atoms with Crippen LogP contribution in [-0.2, 0) is 16.0 Å². The lowest BCUT2D eigenvalue weighted by molar-refractivity contribution is -0.119. The highest BCUT2D eigenvalue weighted by Crippen LogP contribution is 2.13. The van der Waals surface area contributed by atoms with Gasteiger partial charge in [-0.05, 0) is 55.3 Å². The monoisotopic (exact) mass is 327 g/mol.